The van der Waals surface area contributed by atoms with Gasteiger partial charge >= 0.3 is 11.9 Å². The lowest BCUT2D eigenvalue weighted by atomic mass is 9.85. The number of methoxy groups -OCH3 is 4. The molecule has 0 aliphatic carbocycles. The summed E-state index contributed by atoms with van der Waals surface area (Å²) in [5.74, 6) is -1.98. The molecule has 2 amide bonds. The van der Waals surface area contributed by atoms with Gasteiger partial charge in [-0.15, -0.1) is 0 Å². The van der Waals surface area contributed by atoms with Crippen LogP contribution in [0.15, 0.2) is 109 Å². The zero-order valence-electron chi connectivity index (χ0n) is 32.2. The molecule has 0 spiro atoms. The number of hydrogen-bond acceptors (Lipinski definition) is 12. The summed E-state index contributed by atoms with van der Waals surface area (Å²) in [5, 5.41) is 5.77. The van der Waals surface area contributed by atoms with Gasteiger partial charge in [-0.2, -0.15) is 0 Å². The summed E-state index contributed by atoms with van der Waals surface area (Å²) in [6, 6.07) is 29.3. The van der Waals surface area contributed by atoms with Crippen molar-refractivity contribution in [2.75, 3.05) is 28.4 Å². The first-order valence-electron chi connectivity index (χ1n) is 17.5. The van der Waals surface area contributed by atoms with Crippen LogP contribution in [0.4, 0.5) is 0 Å². The first-order chi connectivity index (χ1) is 26.7. The van der Waals surface area contributed by atoms with Crippen LogP contribution in [0.3, 0.4) is 0 Å². The molecule has 0 saturated heterocycles. The topological polar surface area (TPSA) is 200 Å². The van der Waals surface area contributed by atoms with E-state index in [4.69, 9.17) is 39.9 Å². The molecule has 0 aromatic heterocycles. The molecule has 0 radical (unpaired) electrons. The van der Waals surface area contributed by atoms with Crippen molar-refractivity contribution in [3.63, 3.8) is 0 Å². The molecule has 4 aromatic carbocycles. The van der Waals surface area contributed by atoms with Gasteiger partial charge in [0.15, 0.2) is 23.0 Å². The van der Waals surface area contributed by atoms with Crippen LogP contribution in [-0.4, -0.2) is 64.6 Å². The molecular formula is C42H48N4O10. The van der Waals surface area contributed by atoms with Crippen LogP contribution in [0.25, 0.3) is 0 Å². The summed E-state index contributed by atoms with van der Waals surface area (Å²) in [4.78, 5) is 52.0. The summed E-state index contributed by atoms with van der Waals surface area (Å²) < 4.78 is 31.9. The van der Waals surface area contributed by atoms with Crippen molar-refractivity contribution in [3.8, 4) is 23.0 Å². The Morgan fingerprint density at radius 1 is 0.554 bits per heavy atom. The largest absolute Gasteiger partial charge is 0.493 e. The molecule has 0 heterocycles. The van der Waals surface area contributed by atoms with Gasteiger partial charge in [-0.3, -0.25) is 21.1 Å². The van der Waals surface area contributed by atoms with Crippen LogP contribution in [0.5, 0.6) is 23.0 Å². The summed E-state index contributed by atoms with van der Waals surface area (Å²) in [6.45, 7) is 3.59. The maximum Gasteiger partial charge on any atom is 0.333 e. The number of rotatable bonds is 18. The Bertz CT molecular complexity index is 1870. The van der Waals surface area contributed by atoms with Crippen LogP contribution in [0.1, 0.15) is 36.1 Å². The average Bonchev–Trinajstić information content (AvgIpc) is 3.19. The zero-order chi connectivity index (χ0) is 40.9. The zero-order valence-corrected chi connectivity index (χ0v) is 32.2. The molecule has 0 aliphatic heterocycles. The number of nitrogens with two attached hydrogens (primary N) is 2. The van der Waals surface area contributed by atoms with Gasteiger partial charge in [-0.05, 0) is 73.2 Å². The number of benzene rings is 4. The predicted octanol–water partition coefficient (Wildman–Crippen LogP) is 3.78. The van der Waals surface area contributed by atoms with Gasteiger partial charge in [-0.25, -0.2) is 9.59 Å². The molecule has 296 valence electrons. The maximum atomic E-state index is 13.3. The van der Waals surface area contributed by atoms with Gasteiger partial charge in [0.2, 0.25) is 12.5 Å². The van der Waals surface area contributed by atoms with Crippen molar-refractivity contribution < 1.29 is 47.6 Å². The fraction of sp³-hybridized carbons (Fsp3) is 0.286. The Kier molecular flexibility index (Phi) is 14.6. The maximum absolute atomic E-state index is 13.3. The molecule has 14 nitrogen and oxygen atoms in total. The molecule has 0 saturated carbocycles. The smallest absolute Gasteiger partial charge is 0.333 e. The van der Waals surface area contributed by atoms with Crippen LogP contribution >= 0.6 is 0 Å². The van der Waals surface area contributed by atoms with E-state index in [1.54, 1.807) is 50.2 Å². The van der Waals surface area contributed by atoms with Crippen LogP contribution in [0, 0.1) is 0 Å². The molecule has 14 heteroatoms. The highest BCUT2D eigenvalue weighted by Crippen LogP contribution is 2.35. The third kappa shape index (κ3) is 11.1. The minimum absolute atomic E-state index is 0.342. The number of nitrogens with one attached hydrogen (secondary N) is 2. The molecule has 0 aliphatic rings. The van der Waals surface area contributed by atoms with Gasteiger partial charge in [0.1, 0.15) is 0 Å². The first-order valence-corrected chi connectivity index (χ1v) is 17.5. The molecule has 56 heavy (non-hydrogen) atoms. The highest BCUT2D eigenvalue weighted by Gasteiger charge is 2.34. The van der Waals surface area contributed by atoms with Crippen LogP contribution < -0.4 is 41.0 Å². The van der Waals surface area contributed by atoms with Gasteiger partial charge in [0.05, 0.1) is 39.5 Å². The first kappa shape index (κ1) is 42.4. The van der Waals surface area contributed by atoms with E-state index in [2.05, 4.69) is 10.6 Å². The summed E-state index contributed by atoms with van der Waals surface area (Å²) in [5.41, 5.74) is 13.0. The SMILES string of the molecule is COc1ccc(C(C)(Cc2ccccc2)NC(=O)C(N)OC(=O)/C=C\C(=O)OC(N)C(=O)NC(C)(Cc2ccccc2)c2ccc(OC)c(OC)c2)cc1OC. The second kappa shape index (κ2) is 19.3. The van der Waals surface area contributed by atoms with Crippen molar-refractivity contribution in [1.29, 1.82) is 0 Å². The van der Waals surface area contributed by atoms with Gasteiger partial charge in [0.25, 0.3) is 11.8 Å². The third-order valence-corrected chi connectivity index (χ3v) is 9.00. The highest BCUT2D eigenvalue weighted by molar-refractivity contribution is 5.94. The third-order valence-electron chi connectivity index (χ3n) is 9.00. The summed E-state index contributed by atoms with van der Waals surface area (Å²) in [6.07, 6.45) is -1.42. The van der Waals surface area contributed by atoms with Gasteiger partial charge in [0, 0.05) is 12.2 Å². The van der Waals surface area contributed by atoms with E-state index in [0.717, 1.165) is 11.1 Å². The number of amides is 2. The monoisotopic (exact) mass is 768 g/mol. The number of ether oxygens (including phenoxy) is 6. The van der Waals surface area contributed by atoms with E-state index in [1.165, 1.54) is 28.4 Å². The van der Waals surface area contributed by atoms with Crippen molar-refractivity contribution in [3.05, 3.63) is 131 Å². The molecular weight excluding hydrogens is 720 g/mol. The summed E-state index contributed by atoms with van der Waals surface area (Å²) >= 11 is 0. The molecule has 6 N–H and O–H groups in total. The normalized spacial score (nSPS) is 14.2. The van der Waals surface area contributed by atoms with E-state index in [-0.39, 0.29) is 0 Å². The minimum atomic E-state index is -1.76. The van der Waals surface area contributed by atoms with Crippen molar-refractivity contribution in [1.82, 2.24) is 10.6 Å². The van der Waals surface area contributed by atoms with E-state index >= 15 is 0 Å². The Balaban J connectivity index is 1.40. The van der Waals surface area contributed by atoms with Crippen molar-refractivity contribution >= 4 is 23.8 Å². The molecule has 0 bridgehead atoms. The Hall–Kier alpha value is -6.38. The standard InChI is InChI=1S/C42H48N4O10/c1-41(25-27-13-9-7-10-14-27,29-17-19-31(51-3)33(23-29)53-5)45-39(49)37(43)55-35(47)21-22-36(48)56-38(44)40(50)46-42(2,26-28-15-11-8-12-16-28)30-18-20-32(52-4)34(24-30)54-6/h7-24,37-38H,25-26,43-44H2,1-6H3,(H,45,49)(H,46,50)/b22-21-. The van der Waals surface area contributed by atoms with Crippen molar-refractivity contribution in [2.24, 2.45) is 11.5 Å². The Morgan fingerprint density at radius 2 is 0.893 bits per heavy atom. The summed E-state index contributed by atoms with van der Waals surface area (Å²) in [7, 11) is 6.03. The Morgan fingerprint density at radius 3 is 1.21 bits per heavy atom. The Labute approximate surface area is 326 Å². The van der Waals surface area contributed by atoms with E-state index in [0.29, 0.717) is 59.1 Å². The number of carbonyl (C=O) groups excluding carboxylic acids is 4. The quantitative estimate of drug-likeness (QED) is 0.0650. The molecule has 4 unspecified atom stereocenters. The number of hydrogen-bond donors (Lipinski definition) is 4. The van der Waals surface area contributed by atoms with Gasteiger partial charge < -0.3 is 39.1 Å². The molecule has 0 fully saturated rings. The van der Waals surface area contributed by atoms with Gasteiger partial charge in [-0.1, -0.05) is 72.8 Å². The second-order valence-corrected chi connectivity index (χ2v) is 13.2. The lowest BCUT2D eigenvalue weighted by molar-refractivity contribution is -0.153. The fourth-order valence-corrected chi connectivity index (χ4v) is 6.06. The average molecular weight is 769 g/mol. The van der Waals surface area contributed by atoms with E-state index in [1.807, 2.05) is 60.7 Å². The lowest BCUT2D eigenvalue weighted by Gasteiger charge is -2.33. The van der Waals surface area contributed by atoms with Crippen LogP contribution in [-0.2, 0) is 52.6 Å². The lowest BCUT2D eigenvalue weighted by Crippen LogP contribution is -2.52. The fourth-order valence-electron chi connectivity index (χ4n) is 6.06. The minimum Gasteiger partial charge on any atom is -0.493 e. The predicted molar refractivity (Wildman–Crippen MR) is 208 cm³/mol. The molecule has 4 rings (SSSR count). The second-order valence-electron chi connectivity index (χ2n) is 13.2. The van der Waals surface area contributed by atoms with Crippen LogP contribution in [0.2, 0.25) is 0 Å². The molecule has 4 atom stereocenters. The molecule has 4 aromatic rings. The van der Waals surface area contributed by atoms with E-state index in [9.17, 15) is 19.2 Å². The van der Waals surface area contributed by atoms with Crippen molar-refractivity contribution in [2.45, 2.75) is 50.2 Å². The highest BCUT2D eigenvalue weighted by atomic mass is 16.6. The van der Waals surface area contributed by atoms with E-state index < -0.39 is 47.3 Å². The number of esters is 2. The number of carbonyl (C=O) groups is 4.